The van der Waals surface area contributed by atoms with Gasteiger partial charge in [0.15, 0.2) is 0 Å². The van der Waals surface area contributed by atoms with Crippen molar-refractivity contribution < 1.29 is 24.7 Å². The number of rotatable bonds is 11. The molecule has 2 heterocycles. The summed E-state index contributed by atoms with van der Waals surface area (Å²) in [4.78, 5) is 27.7. The molecule has 0 bridgehead atoms. The first-order valence-corrected chi connectivity index (χ1v) is 20.6. The van der Waals surface area contributed by atoms with E-state index in [0.717, 1.165) is 33.5 Å². The maximum atomic E-state index is 12.2. The Morgan fingerprint density at radius 3 is 1.73 bits per heavy atom. The van der Waals surface area contributed by atoms with Gasteiger partial charge in [-0.1, -0.05) is 153 Å². The van der Waals surface area contributed by atoms with Crippen LogP contribution in [0.15, 0.2) is 163 Å². The molecule has 59 heavy (non-hydrogen) atoms. The molecule has 6 heteroatoms. The molecule has 0 spiro atoms. The monoisotopic (exact) mass is 777 g/mol. The van der Waals surface area contributed by atoms with E-state index in [-0.39, 0.29) is 24.3 Å². The van der Waals surface area contributed by atoms with Gasteiger partial charge >= 0.3 is 11.9 Å². The van der Waals surface area contributed by atoms with Crippen molar-refractivity contribution in [3.63, 3.8) is 0 Å². The summed E-state index contributed by atoms with van der Waals surface area (Å²) in [5.74, 6) is -1.63. The summed E-state index contributed by atoms with van der Waals surface area (Å²) in [7, 11) is 0. The third-order valence-corrected chi connectivity index (χ3v) is 13.0. The number of fused-ring (bicyclic) bond motifs is 12. The Kier molecular flexibility index (Phi) is 9.69. The van der Waals surface area contributed by atoms with Crippen LogP contribution in [-0.2, 0) is 26.8 Å². The van der Waals surface area contributed by atoms with Gasteiger partial charge in [0, 0.05) is 34.0 Å². The van der Waals surface area contributed by atoms with Crippen LogP contribution in [0.1, 0.15) is 50.3 Å². The van der Waals surface area contributed by atoms with Gasteiger partial charge in [-0.2, -0.15) is 0 Å². The first-order valence-electron chi connectivity index (χ1n) is 20.6. The fourth-order valence-electron chi connectivity index (χ4n) is 10.6. The van der Waals surface area contributed by atoms with Crippen molar-refractivity contribution in [2.75, 3.05) is 18.0 Å². The van der Waals surface area contributed by atoms with E-state index in [2.05, 4.69) is 183 Å². The zero-order valence-corrected chi connectivity index (χ0v) is 33.8. The Morgan fingerprint density at radius 2 is 1.12 bits per heavy atom. The number of hydrogen-bond acceptors (Lipinski definition) is 3. The summed E-state index contributed by atoms with van der Waals surface area (Å²) in [5.41, 5.74) is 6.28. The summed E-state index contributed by atoms with van der Waals surface area (Å²) >= 11 is 0. The van der Waals surface area contributed by atoms with E-state index in [4.69, 9.17) is 0 Å². The minimum Gasteiger partial charge on any atom is -0.481 e. The molecule has 3 atom stereocenters. The van der Waals surface area contributed by atoms with Gasteiger partial charge in [-0.15, -0.1) is 0 Å². The highest BCUT2D eigenvalue weighted by Crippen LogP contribution is 2.54. The van der Waals surface area contributed by atoms with Gasteiger partial charge in [0.25, 0.3) is 0 Å². The minimum absolute atomic E-state index is 0.0121. The number of aliphatic carboxylic acids is 2. The molecule has 6 nitrogen and oxygen atoms in total. The number of hydrogen-bond donors (Lipinski definition) is 3. The largest absolute Gasteiger partial charge is 0.481 e. The van der Waals surface area contributed by atoms with Gasteiger partial charge in [0.05, 0.1) is 30.5 Å². The Balaban J connectivity index is 1.17. The Morgan fingerprint density at radius 1 is 0.610 bits per heavy atom. The van der Waals surface area contributed by atoms with Crippen molar-refractivity contribution in [3.8, 4) is 0 Å². The Bertz CT molecular complexity index is 2890. The van der Waals surface area contributed by atoms with Crippen LogP contribution in [0.25, 0.3) is 43.1 Å². The average molecular weight is 778 g/mol. The maximum Gasteiger partial charge on any atom is 0.309 e. The van der Waals surface area contributed by atoms with Crippen molar-refractivity contribution >= 4 is 66.4 Å². The number of nitrogens with zero attached hydrogens (tertiary/aromatic N) is 1. The quantitative estimate of drug-likeness (QED) is 0.0900. The van der Waals surface area contributed by atoms with Gasteiger partial charge in [-0.25, -0.2) is 0 Å². The van der Waals surface area contributed by atoms with Crippen LogP contribution in [0, 0.1) is 0 Å². The molecule has 7 aromatic rings. The lowest BCUT2D eigenvalue weighted by molar-refractivity contribution is -0.849. The van der Waals surface area contributed by atoms with Gasteiger partial charge in [-0.05, 0) is 75.0 Å². The minimum atomic E-state index is -0.828. The van der Waals surface area contributed by atoms with E-state index < -0.39 is 17.4 Å². The van der Waals surface area contributed by atoms with Crippen molar-refractivity contribution in [2.24, 2.45) is 0 Å². The van der Waals surface area contributed by atoms with Crippen LogP contribution in [0.3, 0.4) is 0 Å². The second kappa shape index (κ2) is 15.0. The molecule has 0 amide bonds. The predicted molar refractivity (Wildman–Crippen MR) is 241 cm³/mol. The van der Waals surface area contributed by atoms with Crippen LogP contribution in [0.5, 0.6) is 0 Å². The summed E-state index contributed by atoms with van der Waals surface area (Å²) in [6.07, 6.45) is 11.6. The Hall–Kier alpha value is -6.50. The highest BCUT2D eigenvalue weighted by molar-refractivity contribution is 6.17. The van der Waals surface area contributed by atoms with Crippen molar-refractivity contribution in [2.45, 2.75) is 56.9 Å². The van der Waals surface area contributed by atoms with Gasteiger partial charge in [-0.3, -0.25) is 14.5 Å². The number of allylic oxidation sites excluding steroid dienone is 5. The number of carboxylic acids is 2. The van der Waals surface area contributed by atoms with Crippen molar-refractivity contribution in [1.29, 1.82) is 0 Å². The molecule has 0 saturated heterocycles. The first-order chi connectivity index (χ1) is 28.6. The SMILES string of the molecule is CC1(C)/C(=C/C=C/C=C/C2[NH+](CCC(=O)O)c3c(c4ccccc4c4ccccc34)C2(C)Cc2ccccc2)N(CCC(=O)O)c2c1c1ccccc1c1ccccc21. The third kappa shape index (κ3) is 6.39. The van der Waals surface area contributed by atoms with Gasteiger partial charge < -0.3 is 15.1 Å². The van der Waals surface area contributed by atoms with E-state index in [1.807, 2.05) is 0 Å². The first kappa shape index (κ1) is 38.0. The lowest BCUT2D eigenvalue weighted by atomic mass is 9.71. The molecule has 7 aromatic carbocycles. The molecular formula is C53H49N2O4+. The van der Waals surface area contributed by atoms with Crippen LogP contribution < -0.4 is 9.80 Å². The van der Waals surface area contributed by atoms with Crippen LogP contribution >= 0.6 is 0 Å². The molecule has 0 saturated carbocycles. The zero-order chi connectivity index (χ0) is 40.9. The van der Waals surface area contributed by atoms with Crippen LogP contribution in [0.2, 0.25) is 0 Å². The molecule has 0 radical (unpaired) electrons. The summed E-state index contributed by atoms with van der Waals surface area (Å²) in [6, 6.07) is 44.8. The van der Waals surface area contributed by atoms with Crippen molar-refractivity contribution in [3.05, 3.63) is 180 Å². The van der Waals surface area contributed by atoms with E-state index in [1.165, 1.54) is 54.7 Å². The molecule has 2 aliphatic heterocycles. The molecule has 3 N–H and O–H groups in total. The number of anilines is 1. The van der Waals surface area contributed by atoms with Gasteiger partial charge in [0.2, 0.25) is 0 Å². The fraction of sp³-hybridized carbons (Fsp3) is 0.208. The Labute approximate surface area is 345 Å². The molecular weight excluding hydrogens is 729 g/mol. The molecule has 2 aliphatic rings. The molecule has 0 aromatic heterocycles. The smallest absolute Gasteiger partial charge is 0.309 e. The summed E-state index contributed by atoms with van der Waals surface area (Å²) < 4.78 is 0. The van der Waals surface area contributed by atoms with Crippen molar-refractivity contribution in [1.82, 2.24) is 0 Å². The normalized spacial score (nSPS) is 20.5. The summed E-state index contributed by atoms with van der Waals surface area (Å²) in [5, 5.41) is 29.3. The molecule has 0 aliphatic carbocycles. The maximum absolute atomic E-state index is 12.2. The standard InChI is InChI=1S/C53H48N2O4/c1-52(2)44(54(32-30-46(56)57)50-42-26-16-12-22-38(42)36-20-10-14-24-40(36)48(50)52)28-8-5-9-29-45-53(3,34-35-18-6-4-7-19-35)49-41-25-15-11-21-37(41)39-23-13-17-27-43(39)51(49)55(45)33-31-47(58)59/h4-29,45H,30-34H2,1-3H3,(H,56,57)(H,58,59)/p+1/b8-5+,29-9+,44-28-. The third-order valence-electron chi connectivity index (χ3n) is 13.0. The lowest BCUT2D eigenvalue weighted by Gasteiger charge is -2.31. The molecule has 9 rings (SSSR count). The number of carboxylic acid groups (broad SMARTS) is 2. The molecule has 0 fully saturated rings. The van der Waals surface area contributed by atoms with E-state index in [9.17, 15) is 19.8 Å². The van der Waals surface area contributed by atoms with E-state index in [1.54, 1.807) is 0 Å². The van der Waals surface area contributed by atoms with Crippen LogP contribution in [0.4, 0.5) is 11.4 Å². The number of nitrogens with one attached hydrogen (secondary N) is 1. The zero-order valence-electron chi connectivity index (χ0n) is 33.8. The van der Waals surface area contributed by atoms with Crippen LogP contribution in [-0.4, -0.2) is 41.3 Å². The highest BCUT2D eigenvalue weighted by Gasteiger charge is 2.53. The predicted octanol–water partition coefficient (Wildman–Crippen LogP) is 10.4. The molecule has 3 unspecified atom stereocenters. The van der Waals surface area contributed by atoms with Gasteiger partial charge in [0.1, 0.15) is 11.7 Å². The topological polar surface area (TPSA) is 82.3 Å². The summed E-state index contributed by atoms with van der Waals surface area (Å²) in [6.45, 7) is 7.65. The second-order valence-corrected chi connectivity index (χ2v) is 16.9. The van der Waals surface area contributed by atoms with E-state index in [0.29, 0.717) is 13.1 Å². The average Bonchev–Trinajstić information content (AvgIpc) is 3.62. The number of carbonyl (C=O) groups is 2. The highest BCUT2D eigenvalue weighted by atomic mass is 16.4. The van der Waals surface area contributed by atoms with E-state index >= 15 is 0 Å². The second-order valence-electron chi connectivity index (χ2n) is 16.9. The number of benzene rings is 7. The fourth-order valence-corrected chi connectivity index (χ4v) is 10.6. The lowest BCUT2D eigenvalue weighted by Crippen LogP contribution is -3.11. The number of quaternary nitrogens is 1. The molecule has 294 valence electrons.